The summed E-state index contributed by atoms with van der Waals surface area (Å²) in [5.74, 6) is 2.41. The molecule has 0 unspecified atom stereocenters. The average molecular weight is 427 g/mol. The topological polar surface area (TPSA) is 86.9 Å². The van der Waals surface area contributed by atoms with E-state index >= 15 is 0 Å². The molecule has 1 amide bonds. The Kier molecular flexibility index (Phi) is 6.37. The number of para-hydroxylation sites is 1. The number of nitrogens with one attached hydrogen (secondary N) is 1. The van der Waals surface area contributed by atoms with Crippen molar-refractivity contribution in [1.29, 1.82) is 0 Å². The lowest BCUT2D eigenvalue weighted by Crippen LogP contribution is -2.19. The first-order chi connectivity index (χ1) is 14.7. The summed E-state index contributed by atoms with van der Waals surface area (Å²) in [5, 5.41) is 16.8. The average Bonchev–Trinajstić information content (AvgIpc) is 3.52. The van der Waals surface area contributed by atoms with E-state index in [-0.39, 0.29) is 11.7 Å². The third-order valence-electron chi connectivity index (χ3n) is 5.32. The Balaban J connectivity index is 1.44. The van der Waals surface area contributed by atoms with Crippen LogP contribution in [0.5, 0.6) is 5.75 Å². The number of ether oxygens (including phenoxy) is 1. The molecule has 2 aromatic heterocycles. The first kappa shape index (κ1) is 20.5. The second kappa shape index (κ2) is 9.34. The Bertz CT molecular complexity index is 1010. The molecule has 0 radical (unpaired) electrons. The smallest absolute Gasteiger partial charge is 0.235 e. The third-order valence-corrected chi connectivity index (χ3v) is 6.29. The molecule has 2 heterocycles. The minimum atomic E-state index is -0.0794. The molecule has 158 valence electrons. The van der Waals surface area contributed by atoms with Crippen LogP contribution in [0.4, 0.5) is 5.82 Å². The van der Waals surface area contributed by atoms with E-state index in [0.29, 0.717) is 17.7 Å². The molecule has 30 heavy (non-hydrogen) atoms. The number of benzene rings is 1. The van der Waals surface area contributed by atoms with Gasteiger partial charge in [-0.2, -0.15) is 5.10 Å². The molecule has 8 nitrogen and oxygen atoms in total. The van der Waals surface area contributed by atoms with Crippen molar-refractivity contribution in [3.05, 3.63) is 36.5 Å². The Morgan fingerprint density at radius 1 is 1.23 bits per heavy atom. The van der Waals surface area contributed by atoms with E-state index in [4.69, 9.17) is 4.74 Å². The van der Waals surface area contributed by atoms with Gasteiger partial charge in [-0.05, 0) is 31.9 Å². The van der Waals surface area contributed by atoms with Crippen molar-refractivity contribution in [2.45, 2.75) is 50.4 Å². The first-order valence-electron chi connectivity index (χ1n) is 10.2. The van der Waals surface area contributed by atoms with Crippen LogP contribution in [0.3, 0.4) is 0 Å². The zero-order chi connectivity index (χ0) is 20.9. The van der Waals surface area contributed by atoms with Crippen molar-refractivity contribution in [1.82, 2.24) is 24.5 Å². The fraction of sp³-hybridized carbons (Fsp3) is 0.429. The summed E-state index contributed by atoms with van der Waals surface area (Å²) in [6, 6.07) is 9.97. The van der Waals surface area contributed by atoms with E-state index in [1.165, 1.54) is 24.6 Å². The minimum Gasteiger partial charge on any atom is -0.496 e. The number of nitrogens with zero attached hydrogens (tertiary/aromatic N) is 5. The van der Waals surface area contributed by atoms with E-state index in [1.807, 2.05) is 46.5 Å². The van der Waals surface area contributed by atoms with Crippen LogP contribution < -0.4 is 10.1 Å². The van der Waals surface area contributed by atoms with Gasteiger partial charge < -0.3 is 14.6 Å². The fourth-order valence-corrected chi connectivity index (χ4v) is 4.67. The van der Waals surface area contributed by atoms with Gasteiger partial charge in [-0.3, -0.25) is 4.79 Å². The van der Waals surface area contributed by atoms with E-state index < -0.39 is 0 Å². The molecule has 0 atom stereocenters. The molecule has 0 spiro atoms. The van der Waals surface area contributed by atoms with Gasteiger partial charge in [0.25, 0.3) is 0 Å². The quantitative estimate of drug-likeness (QED) is 0.548. The maximum Gasteiger partial charge on any atom is 0.235 e. The highest BCUT2D eigenvalue weighted by Crippen LogP contribution is 2.32. The van der Waals surface area contributed by atoms with Gasteiger partial charge in [0.1, 0.15) is 11.6 Å². The molecular formula is C21H26N6O2S. The van der Waals surface area contributed by atoms with Gasteiger partial charge in [-0.25, -0.2) is 4.68 Å². The second-order valence-electron chi connectivity index (χ2n) is 7.19. The lowest BCUT2D eigenvalue weighted by atomic mass is 10.2. The molecule has 9 heteroatoms. The molecule has 0 aliphatic heterocycles. The van der Waals surface area contributed by atoms with E-state index in [9.17, 15) is 4.79 Å². The van der Waals surface area contributed by atoms with Crippen LogP contribution in [0.15, 0.2) is 41.7 Å². The predicted octanol–water partition coefficient (Wildman–Crippen LogP) is 4.02. The van der Waals surface area contributed by atoms with E-state index in [1.54, 1.807) is 13.3 Å². The summed E-state index contributed by atoms with van der Waals surface area (Å²) >= 11 is 1.38. The number of carbonyl (C=O) groups is 1. The first-order valence-corrected chi connectivity index (χ1v) is 11.2. The normalized spacial score (nSPS) is 14.2. The standard InChI is InChI=1S/C21H26N6O2S/c1-3-26-20(16-10-6-7-11-17(16)29-2)24-25-21(26)30-14-19(28)23-18-12-13-22-27(18)15-8-4-5-9-15/h6-7,10-13,15H,3-5,8-9,14H2,1-2H3,(H,23,28). The van der Waals surface area contributed by atoms with Crippen molar-refractivity contribution in [3.63, 3.8) is 0 Å². The molecule has 0 saturated heterocycles. The maximum absolute atomic E-state index is 12.6. The highest BCUT2D eigenvalue weighted by Gasteiger charge is 2.21. The number of carbonyl (C=O) groups excluding carboxylic acids is 1. The summed E-state index contributed by atoms with van der Waals surface area (Å²) < 4.78 is 9.41. The van der Waals surface area contributed by atoms with Gasteiger partial charge in [0, 0.05) is 12.6 Å². The molecule has 0 bridgehead atoms. The van der Waals surface area contributed by atoms with Crippen LogP contribution in [0.1, 0.15) is 38.6 Å². The number of methoxy groups -OCH3 is 1. The van der Waals surface area contributed by atoms with Crippen LogP contribution in [0.25, 0.3) is 11.4 Å². The molecule has 1 saturated carbocycles. The van der Waals surface area contributed by atoms with Gasteiger partial charge in [0.05, 0.1) is 30.7 Å². The maximum atomic E-state index is 12.6. The van der Waals surface area contributed by atoms with Gasteiger partial charge in [-0.1, -0.05) is 36.7 Å². The zero-order valence-electron chi connectivity index (χ0n) is 17.2. The summed E-state index contributed by atoms with van der Waals surface area (Å²) in [6.07, 6.45) is 6.41. The second-order valence-corrected chi connectivity index (χ2v) is 8.13. The molecule has 1 fully saturated rings. The van der Waals surface area contributed by atoms with Crippen LogP contribution >= 0.6 is 11.8 Å². The molecule has 1 aliphatic rings. The predicted molar refractivity (Wildman–Crippen MR) is 117 cm³/mol. The molecular weight excluding hydrogens is 400 g/mol. The highest BCUT2D eigenvalue weighted by molar-refractivity contribution is 7.99. The van der Waals surface area contributed by atoms with Crippen molar-refractivity contribution in [2.24, 2.45) is 0 Å². The van der Waals surface area contributed by atoms with Crippen molar-refractivity contribution < 1.29 is 9.53 Å². The number of hydrogen-bond donors (Lipinski definition) is 1. The van der Waals surface area contributed by atoms with Crippen LogP contribution in [-0.2, 0) is 11.3 Å². The van der Waals surface area contributed by atoms with E-state index in [2.05, 4.69) is 20.6 Å². The Hall–Kier alpha value is -2.81. The molecule has 4 rings (SSSR count). The number of hydrogen-bond acceptors (Lipinski definition) is 6. The largest absolute Gasteiger partial charge is 0.496 e. The molecule has 3 aromatic rings. The van der Waals surface area contributed by atoms with Gasteiger partial charge in [0.2, 0.25) is 5.91 Å². The van der Waals surface area contributed by atoms with Crippen molar-refractivity contribution in [2.75, 3.05) is 18.2 Å². The van der Waals surface area contributed by atoms with Crippen LogP contribution in [0, 0.1) is 0 Å². The Morgan fingerprint density at radius 2 is 2.03 bits per heavy atom. The summed E-state index contributed by atoms with van der Waals surface area (Å²) in [5.41, 5.74) is 0.881. The lowest BCUT2D eigenvalue weighted by Gasteiger charge is -2.14. The summed E-state index contributed by atoms with van der Waals surface area (Å²) in [6.45, 7) is 2.73. The minimum absolute atomic E-state index is 0.0794. The van der Waals surface area contributed by atoms with Crippen molar-refractivity contribution in [3.8, 4) is 17.1 Å². The van der Waals surface area contributed by atoms with Crippen LogP contribution in [0.2, 0.25) is 0 Å². The summed E-state index contributed by atoms with van der Waals surface area (Å²) in [7, 11) is 1.64. The number of thioether (sulfide) groups is 1. The summed E-state index contributed by atoms with van der Waals surface area (Å²) in [4.78, 5) is 12.6. The van der Waals surface area contributed by atoms with E-state index in [0.717, 1.165) is 35.8 Å². The highest BCUT2D eigenvalue weighted by atomic mass is 32.2. The van der Waals surface area contributed by atoms with Crippen molar-refractivity contribution >= 4 is 23.5 Å². The van der Waals surface area contributed by atoms with Crippen LogP contribution in [-0.4, -0.2) is 43.3 Å². The van der Waals surface area contributed by atoms with Gasteiger partial charge in [0.15, 0.2) is 11.0 Å². The van der Waals surface area contributed by atoms with Gasteiger partial charge >= 0.3 is 0 Å². The SMILES string of the molecule is CCn1c(SCC(=O)Nc2ccnn2C2CCCC2)nnc1-c1ccccc1OC. The molecule has 1 N–H and O–H groups in total. The number of rotatable bonds is 8. The van der Waals surface area contributed by atoms with Gasteiger partial charge in [-0.15, -0.1) is 10.2 Å². The Morgan fingerprint density at radius 3 is 2.80 bits per heavy atom. The number of aromatic nitrogens is 5. The number of amides is 1. The zero-order valence-corrected chi connectivity index (χ0v) is 18.1. The molecule has 1 aliphatic carbocycles. The molecule has 1 aromatic carbocycles. The monoisotopic (exact) mass is 426 g/mol. The number of anilines is 1. The lowest BCUT2D eigenvalue weighted by molar-refractivity contribution is -0.113. The Labute approximate surface area is 180 Å². The third kappa shape index (κ3) is 4.21. The fourth-order valence-electron chi connectivity index (χ4n) is 3.87.